The van der Waals surface area contributed by atoms with Crippen molar-refractivity contribution in [3.63, 3.8) is 0 Å². The highest BCUT2D eigenvalue weighted by Gasteiger charge is 2.08. The van der Waals surface area contributed by atoms with Gasteiger partial charge in [0.05, 0.1) is 10.7 Å². The third-order valence-corrected chi connectivity index (χ3v) is 3.86. The third-order valence-electron chi connectivity index (χ3n) is 2.10. The Morgan fingerprint density at radius 2 is 2.12 bits per heavy atom. The molecule has 1 aromatic carbocycles. The van der Waals surface area contributed by atoms with E-state index in [4.69, 9.17) is 16.3 Å². The van der Waals surface area contributed by atoms with E-state index in [-0.39, 0.29) is 0 Å². The van der Waals surface area contributed by atoms with Gasteiger partial charge < -0.3 is 4.74 Å². The average Bonchev–Trinajstić information content (AvgIpc) is 2.52. The summed E-state index contributed by atoms with van der Waals surface area (Å²) < 4.78 is 6.56. The molecule has 0 fully saturated rings. The second-order valence-electron chi connectivity index (χ2n) is 3.30. The van der Waals surface area contributed by atoms with Gasteiger partial charge in [0.25, 0.3) is 5.19 Å². The summed E-state index contributed by atoms with van der Waals surface area (Å²) in [5.74, 6) is 0.616. The number of nitrogens with zero attached hydrogens (tertiary/aromatic N) is 1. The molecule has 0 bridgehead atoms. The van der Waals surface area contributed by atoms with Gasteiger partial charge in [-0.05, 0) is 32.0 Å². The van der Waals surface area contributed by atoms with Crippen LogP contribution >= 0.6 is 38.9 Å². The van der Waals surface area contributed by atoms with Crippen molar-refractivity contribution in [3.8, 4) is 10.9 Å². The highest BCUT2D eigenvalue weighted by molar-refractivity contribution is 9.10. The van der Waals surface area contributed by atoms with E-state index in [1.807, 2.05) is 26.0 Å². The minimum atomic E-state index is 0.578. The fourth-order valence-corrected chi connectivity index (χ4v) is 2.40. The molecule has 0 atom stereocenters. The maximum Gasteiger partial charge on any atom is 0.279 e. The molecule has 2 nitrogen and oxygen atoms in total. The van der Waals surface area contributed by atoms with Gasteiger partial charge in [0.2, 0.25) is 0 Å². The molecule has 1 aromatic heterocycles. The first-order chi connectivity index (χ1) is 7.56. The standard InChI is InChI=1S/C11H9BrClNOS/c1-6-7(2)16-11(14-6)15-10-5-8(12)3-4-9(10)13/h3-5H,1-2H3. The van der Waals surface area contributed by atoms with Crippen molar-refractivity contribution >= 4 is 38.9 Å². The molecule has 0 N–H and O–H groups in total. The third kappa shape index (κ3) is 2.56. The molecular weight excluding hydrogens is 310 g/mol. The van der Waals surface area contributed by atoms with Crippen LogP contribution in [0, 0.1) is 13.8 Å². The summed E-state index contributed by atoms with van der Waals surface area (Å²) in [6.45, 7) is 3.98. The quantitative estimate of drug-likeness (QED) is 0.780. The van der Waals surface area contributed by atoms with Crippen LogP contribution in [0.5, 0.6) is 10.9 Å². The molecule has 5 heteroatoms. The molecule has 0 aliphatic heterocycles. The Labute approximate surface area is 111 Å². The Hall–Kier alpha value is -0.580. The van der Waals surface area contributed by atoms with Crippen molar-refractivity contribution in [1.29, 1.82) is 0 Å². The number of halogens is 2. The number of rotatable bonds is 2. The van der Waals surface area contributed by atoms with Gasteiger partial charge >= 0.3 is 0 Å². The van der Waals surface area contributed by atoms with Gasteiger partial charge in [0.1, 0.15) is 5.75 Å². The molecule has 0 saturated heterocycles. The highest BCUT2D eigenvalue weighted by Crippen LogP contribution is 2.34. The van der Waals surface area contributed by atoms with E-state index in [1.165, 1.54) is 11.3 Å². The normalized spacial score (nSPS) is 10.5. The Morgan fingerprint density at radius 1 is 1.38 bits per heavy atom. The van der Waals surface area contributed by atoms with Crippen LogP contribution in [-0.2, 0) is 0 Å². The Balaban J connectivity index is 2.29. The highest BCUT2D eigenvalue weighted by atomic mass is 79.9. The van der Waals surface area contributed by atoms with E-state index in [1.54, 1.807) is 6.07 Å². The Morgan fingerprint density at radius 3 is 2.75 bits per heavy atom. The van der Waals surface area contributed by atoms with Crippen LogP contribution in [0.2, 0.25) is 5.02 Å². The van der Waals surface area contributed by atoms with Gasteiger partial charge in [-0.15, -0.1) is 0 Å². The van der Waals surface area contributed by atoms with Crippen LogP contribution in [0.25, 0.3) is 0 Å². The van der Waals surface area contributed by atoms with Gasteiger partial charge in [0.15, 0.2) is 0 Å². The maximum atomic E-state index is 6.02. The molecule has 0 spiro atoms. The number of benzene rings is 1. The summed E-state index contributed by atoms with van der Waals surface area (Å²) >= 11 is 10.9. The van der Waals surface area contributed by atoms with Crippen molar-refractivity contribution in [3.05, 3.63) is 38.3 Å². The summed E-state index contributed by atoms with van der Waals surface area (Å²) in [5, 5.41) is 1.20. The van der Waals surface area contributed by atoms with Crippen molar-refractivity contribution < 1.29 is 4.74 Å². The lowest BCUT2D eigenvalue weighted by Crippen LogP contribution is -1.84. The van der Waals surface area contributed by atoms with E-state index in [9.17, 15) is 0 Å². The monoisotopic (exact) mass is 317 g/mol. The summed E-state index contributed by atoms with van der Waals surface area (Å²) in [5.41, 5.74) is 0.992. The first-order valence-electron chi connectivity index (χ1n) is 4.63. The number of hydrogen-bond acceptors (Lipinski definition) is 3. The second-order valence-corrected chi connectivity index (χ2v) is 5.79. The van der Waals surface area contributed by atoms with Gasteiger partial charge in [-0.25, -0.2) is 4.98 Å². The smallest absolute Gasteiger partial charge is 0.279 e. The van der Waals surface area contributed by atoms with Crippen LogP contribution in [-0.4, -0.2) is 4.98 Å². The lowest BCUT2D eigenvalue weighted by molar-refractivity contribution is 0.478. The van der Waals surface area contributed by atoms with Crippen molar-refractivity contribution in [1.82, 2.24) is 4.98 Å². The number of ether oxygens (including phenoxy) is 1. The fourth-order valence-electron chi connectivity index (χ4n) is 1.14. The largest absolute Gasteiger partial charge is 0.429 e. The molecule has 16 heavy (non-hydrogen) atoms. The van der Waals surface area contributed by atoms with Crippen LogP contribution in [0.1, 0.15) is 10.6 Å². The predicted molar refractivity (Wildman–Crippen MR) is 70.8 cm³/mol. The van der Waals surface area contributed by atoms with E-state index in [2.05, 4.69) is 20.9 Å². The molecule has 0 aliphatic carbocycles. The van der Waals surface area contributed by atoms with Gasteiger partial charge in [0, 0.05) is 9.35 Å². The van der Waals surface area contributed by atoms with E-state index in [0.717, 1.165) is 15.0 Å². The molecule has 0 aliphatic rings. The number of aryl methyl sites for hydroxylation is 2. The number of thiazole rings is 1. The summed E-state index contributed by atoms with van der Waals surface area (Å²) in [6.07, 6.45) is 0. The summed E-state index contributed by atoms with van der Waals surface area (Å²) in [7, 11) is 0. The maximum absolute atomic E-state index is 6.02. The van der Waals surface area contributed by atoms with E-state index >= 15 is 0 Å². The van der Waals surface area contributed by atoms with Crippen molar-refractivity contribution in [2.75, 3.05) is 0 Å². The van der Waals surface area contributed by atoms with E-state index in [0.29, 0.717) is 16.0 Å². The Kier molecular flexibility index (Phi) is 3.52. The SMILES string of the molecule is Cc1nc(Oc2cc(Br)ccc2Cl)sc1C. The van der Waals surface area contributed by atoms with Gasteiger partial charge in [-0.1, -0.05) is 38.9 Å². The average molecular weight is 319 g/mol. The van der Waals surface area contributed by atoms with Crippen molar-refractivity contribution in [2.45, 2.75) is 13.8 Å². The van der Waals surface area contributed by atoms with Crippen LogP contribution in [0.4, 0.5) is 0 Å². The predicted octanol–water partition coefficient (Wildman–Crippen LogP) is 4.97. The van der Waals surface area contributed by atoms with Crippen LogP contribution in [0.3, 0.4) is 0 Å². The molecule has 0 amide bonds. The van der Waals surface area contributed by atoms with Gasteiger partial charge in [-0.3, -0.25) is 0 Å². The molecular formula is C11H9BrClNOS. The minimum absolute atomic E-state index is 0.578. The molecule has 2 rings (SSSR count). The first-order valence-corrected chi connectivity index (χ1v) is 6.62. The lowest BCUT2D eigenvalue weighted by Gasteiger charge is -2.04. The molecule has 0 radical (unpaired) electrons. The second kappa shape index (κ2) is 4.73. The molecule has 0 unspecified atom stereocenters. The summed E-state index contributed by atoms with van der Waals surface area (Å²) in [6, 6.07) is 5.48. The van der Waals surface area contributed by atoms with E-state index < -0.39 is 0 Å². The molecule has 1 heterocycles. The number of aromatic nitrogens is 1. The zero-order chi connectivity index (χ0) is 11.7. The number of hydrogen-bond donors (Lipinski definition) is 0. The summed E-state index contributed by atoms with van der Waals surface area (Å²) in [4.78, 5) is 5.45. The van der Waals surface area contributed by atoms with Crippen LogP contribution < -0.4 is 4.74 Å². The first kappa shape index (κ1) is 11.9. The lowest BCUT2D eigenvalue weighted by atomic mass is 10.3. The molecule has 0 saturated carbocycles. The molecule has 2 aromatic rings. The fraction of sp³-hybridized carbons (Fsp3) is 0.182. The van der Waals surface area contributed by atoms with Crippen molar-refractivity contribution in [2.24, 2.45) is 0 Å². The zero-order valence-electron chi connectivity index (χ0n) is 8.75. The Bertz CT molecular complexity index is 507. The molecule has 84 valence electrons. The van der Waals surface area contributed by atoms with Gasteiger partial charge in [-0.2, -0.15) is 0 Å². The van der Waals surface area contributed by atoms with Crippen LogP contribution in [0.15, 0.2) is 22.7 Å². The topological polar surface area (TPSA) is 22.1 Å². The zero-order valence-corrected chi connectivity index (χ0v) is 11.9. The minimum Gasteiger partial charge on any atom is -0.429 e.